The van der Waals surface area contributed by atoms with Crippen LogP contribution < -0.4 is 20.7 Å². The Morgan fingerprint density at radius 3 is 2.88 bits per heavy atom. The van der Waals surface area contributed by atoms with Crippen molar-refractivity contribution in [3.8, 4) is 0 Å². The summed E-state index contributed by atoms with van der Waals surface area (Å²) in [5.41, 5.74) is 6.41. The Kier molecular flexibility index (Phi) is 7.92. The molecule has 2 amide bonds. The maximum absolute atomic E-state index is 13.1. The molecule has 5 rings (SSSR count). The molecule has 3 aromatic heterocycles. The first kappa shape index (κ1) is 27.8. The summed E-state index contributed by atoms with van der Waals surface area (Å²) in [6.45, 7) is -0.805. The van der Waals surface area contributed by atoms with Crippen molar-refractivity contribution >= 4 is 91.1 Å². The minimum atomic E-state index is -1.49. The van der Waals surface area contributed by atoms with Crippen LogP contribution in [0.5, 0.6) is 0 Å². The van der Waals surface area contributed by atoms with Crippen LogP contribution in [0.2, 0.25) is 0 Å². The Balaban J connectivity index is 1.31. The molecule has 0 aromatic carbocycles. The van der Waals surface area contributed by atoms with Crippen LogP contribution in [0, 0.1) is 0 Å². The van der Waals surface area contributed by atoms with E-state index < -0.39 is 41.8 Å². The van der Waals surface area contributed by atoms with Gasteiger partial charge in [-0.25, -0.2) is 14.8 Å². The van der Waals surface area contributed by atoms with E-state index in [0.717, 1.165) is 30.9 Å². The number of aliphatic carboxylic acids is 2. The first-order valence-electron chi connectivity index (χ1n) is 11.3. The number of thioether (sulfide) groups is 2. The second-order valence-electron chi connectivity index (χ2n) is 8.36. The highest BCUT2D eigenvalue weighted by molar-refractivity contribution is 8.02. The van der Waals surface area contributed by atoms with Crippen LogP contribution in [-0.2, 0) is 31.1 Å². The molecule has 0 aliphatic carbocycles. The number of nitrogens with one attached hydrogen (secondary N) is 1. The van der Waals surface area contributed by atoms with Gasteiger partial charge < -0.3 is 30.9 Å². The largest absolute Gasteiger partial charge is 0.543 e. The molecule has 208 valence electrons. The van der Waals surface area contributed by atoms with E-state index in [0.29, 0.717) is 11.3 Å². The molecule has 0 saturated carbocycles. The van der Waals surface area contributed by atoms with E-state index >= 15 is 0 Å². The predicted molar refractivity (Wildman–Crippen MR) is 145 cm³/mol. The number of carboxylic acids is 2. The zero-order valence-corrected chi connectivity index (χ0v) is 23.7. The lowest BCUT2D eigenvalue weighted by Gasteiger charge is -2.50. The highest BCUT2D eigenvalue weighted by Crippen LogP contribution is 2.41. The standard InChI is InChI=1S/C22H19N7O7S4/c1-28-4-2-3-10-18(28)40-22(25-10)39-7-9-6-37-19-14(17(33)29(19)15(9)20(34)35)26-16(32)13(27-36-5-12(30)31)11-8-38-21(23)24-11/h2-4,8,14,19H,5-7H2,1H3,(H4-,23,24,26,30,31,32,34,35)/b27-13-/t14?,19-/m0/s1. The molecule has 18 heteroatoms. The molecule has 2 aliphatic rings. The predicted octanol–water partition coefficient (Wildman–Crippen LogP) is -0.839. The summed E-state index contributed by atoms with van der Waals surface area (Å²) in [4.78, 5) is 64.3. The van der Waals surface area contributed by atoms with Gasteiger partial charge in [-0.05, 0) is 23.0 Å². The number of carbonyl (C=O) groups is 4. The number of nitrogens with zero attached hydrogens (tertiary/aromatic N) is 5. The zero-order valence-electron chi connectivity index (χ0n) is 20.4. The molecular weight excluding hydrogens is 603 g/mol. The van der Waals surface area contributed by atoms with Gasteiger partial charge in [0, 0.05) is 23.0 Å². The molecule has 0 spiro atoms. The van der Waals surface area contributed by atoms with E-state index in [1.807, 2.05) is 29.9 Å². The Morgan fingerprint density at radius 1 is 1.40 bits per heavy atom. The molecule has 1 unspecified atom stereocenters. The number of rotatable bonds is 10. The van der Waals surface area contributed by atoms with Crippen molar-refractivity contribution in [2.75, 3.05) is 23.8 Å². The molecule has 5 heterocycles. The van der Waals surface area contributed by atoms with Crippen molar-refractivity contribution in [2.45, 2.75) is 15.8 Å². The summed E-state index contributed by atoms with van der Waals surface area (Å²) in [6, 6.07) is 2.72. The van der Waals surface area contributed by atoms with Crippen LogP contribution >= 0.6 is 46.2 Å². The average molecular weight is 622 g/mol. The first-order valence-corrected chi connectivity index (χ1v) is 15.1. The third-order valence-corrected chi connectivity index (χ3v) is 10.1. The number of thiazole rings is 2. The van der Waals surface area contributed by atoms with E-state index in [2.05, 4.69) is 20.4 Å². The summed E-state index contributed by atoms with van der Waals surface area (Å²) in [7, 11) is 1.92. The van der Waals surface area contributed by atoms with Crippen LogP contribution in [0.4, 0.5) is 5.13 Å². The second-order valence-corrected chi connectivity index (χ2v) is 12.6. The number of nitrogen functional groups attached to an aromatic ring is 1. The van der Waals surface area contributed by atoms with Gasteiger partial charge in [-0.2, -0.15) is 4.57 Å². The lowest BCUT2D eigenvalue weighted by molar-refractivity contribution is -0.642. The second kappa shape index (κ2) is 11.4. The van der Waals surface area contributed by atoms with Crippen molar-refractivity contribution in [3.63, 3.8) is 0 Å². The number of β-lactam (4-membered cyclic amide) rings is 1. The Bertz CT molecular complexity index is 1600. The molecule has 4 N–H and O–H groups in total. The van der Waals surface area contributed by atoms with Gasteiger partial charge in [0.1, 0.15) is 29.7 Å². The SMILES string of the molecule is C[n+]1cccc2nc(SCC3=C(C(=O)[O-])N4C(=O)C(NC(=O)/C(=N\OCC(=O)O)c5csc(N)n5)[C@@H]4SC3)sc21. The number of nitrogens with two attached hydrogens (primary N) is 1. The molecule has 3 aromatic rings. The summed E-state index contributed by atoms with van der Waals surface area (Å²) >= 11 is 5.18. The van der Waals surface area contributed by atoms with E-state index in [1.165, 1.54) is 40.2 Å². The van der Waals surface area contributed by atoms with Crippen LogP contribution in [0.15, 0.2) is 44.5 Å². The molecule has 0 bridgehead atoms. The number of carbonyl (C=O) groups excluding carboxylic acids is 3. The van der Waals surface area contributed by atoms with Gasteiger partial charge in [-0.1, -0.05) is 16.9 Å². The van der Waals surface area contributed by atoms with Crippen LogP contribution in [0.1, 0.15) is 5.69 Å². The number of amides is 2. The first-order chi connectivity index (χ1) is 19.1. The van der Waals surface area contributed by atoms with Crippen molar-refractivity contribution in [1.82, 2.24) is 20.2 Å². The molecular formula is C22H19N7O7S4. The Morgan fingerprint density at radius 2 is 2.20 bits per heavy atom. The third kappa shape index (κ3) is 5.47. The van der Waals surface area contributed by atoms with Gasteiger partial charge in [0.15, 0.2) is 21.4 Å². The molecule has 2 aliphatic heterocycles. The summed E-state index contributed by atoms with van der Waals surface area (Å²) < 4.78 is 2.71. The van der Waals surface area contributed by atoms with Crippen molar-refractivity contribution in [2.24, 2.45) is 12.2 Å². The molecule has 14 nitrogen and oxygen atoms in total. The zero-order chi connectivity index (χ0) is 28.6. The quantitative estimate of drug-likeness (QED) is 0.0834. The van der Waals surface area contributed by atoms with Gasteiger partial charge in [0.2, 0.25) is 6.61 Å². The number of oxime groups is 1. The van der Waals surface area contributed by atoms with E-state index in [1.54, 1.807) is 0 Å². The maximum Gasteiger partial charge on any atom is 0.344 e. The monoisotopic (exact) mass is 621 g/mol. The maximum atomic E-state index is 13.1. The summed E-state index contributed by atoms with van der Waals surface area (Å²) in [6.07, 6.45) is 1.92. The molecule has 1 saturated heterocycles. The van der Waals surface area contributed by atoms with E-state index in [4.69, 9.17) is 15.7 Å². The Hall–Kier alpha value is -3.74. The molecule has 1 fully saturated rings. The number of pyridine rings is 1. The van der Waals surface area contributed by atoms with Crippen molar-refractivity contribution in [1.29, 1.82) is 0 Å². The fourth-order valence-corrected chi connectivity index (χ4v) is 8.06. The number of aryl methyl sites for hydroxylation is 1. The number of fused-ring (bicyclic) bond motifs is 2. The third-order valence-electron chi connectivity index (χ3n) is 5.72. The minimum absolute atomic E-state index is 0.0309. The minimum Gasteiger partial charge on any atom is -0.543 e. The smallest absolute Gasteiger partial charge is 0.344 e. The fraction of sp³-hybridized carbons (Fsp3) is 0.273. The number of anilines is 1. The number of hydrogen-bond acceptors (Lipinski definition) is 14. The van der Waals surface area contributed by atoms with Crippen molar-refractivity contribution < 1.29 is 38.8 Å². The number of hydrogen-bond donors (Lipinski definition) is 3. The number of aromatic nitrogens is 3. The topological polar surface area (TPSA) is 204 Å². The van der Waals surface area contributed by atoms with Gasteiger partial charge in [-0.15, -0.1) is 23.1 Å². The van der Waals surface area contributed by atoms with Crippen LogP contribution in [0.3, 0.4) is 0 Å². The summed E-state index contributed by atoms with van der Waals surface area (Å²) in [5.74, 6) is -3.71. The van der Waals surface area contributed by atoms with Gasteiger partial charge >= 0.3 is 5.97 Å². The lowest BCUT2D eigenvalue weighted by Crippen LogP contribution is -2.71. The average Bonchev–Trinajstić information content (AvgIpc) is 3.54. The van der Waals surface area contributed by atoms with Crippen LogP contribution in [-0.4, -0.2) is 79.0 Å². The Labute approximate surface area is 241 Å². The highest BCUT2D eigenvalue weighted by atomic mass is 32.2. The fourth-order valence-electron chi connectivity index (χ4n) is 3.95. The van der Waals surface area contributed by atoms with Crippen LogP contribution in [0.25, 0.3) is 10.3 Å². The van der Waals surface area contributed by atoms with Gasteiger partial charge in [-0.3, -0.25) is 14.5 Å². The highest BCUT2D eigenvalue weighted by Gasteiger charge is 2.53. The van der Waals surface area contributed by atoms with E-state index in [-0.39, 0.29) is 28.0 Å². The summed E-state index contributed by atoms with van der Waals surface area (Å²) in [5, 5.41) is 27.9. The molecule has 2 atom stereocenters. The normalized spacial score (nSPS) is 18.9. The van der Waals surface area contributed by atoms with E-state index in [9.17, 15) is 24.3 Å². The van der Waals surface area contributed by atoms with Crippen molar-refractivity contribution in [3.05, 3.63) is 40.7 Å². The molecule has 40 heavy (non-hydrogen) atoms. The van der Waals surface area contributed by atoms with Gasteiger partial charge in [0.05, 0.1) is 11.7 Å². The lowest BCUT2D eigenvalue weighted by atomic mass is 10.0. The van der Waals surface area contributed by atoms with Gasteiger partial charge in [0.25, 0.3) is 16.6 Å². The number of carboxylic acid groups (broad SMARTS) is 2. The molecule has 0 radical (unpaired) electrons.